The van der Waals surface area contributed by atoms with Crippen LogP contribution in [0.4, 0.5) is 10.1 Å². The number of aromatic nitrogens is 1. The summed E-state index contributed by atoms with van der Waals surface area (Å²) in [6.45, 7) is -0.0650. The summed E-state index contributed by atoms with van der Waals surface area (Å²) in [5.74, 6) is 0.220. The molecule has 4 rings (SSSR count). The minimum atomic E-state index is -0.531. The van der Waals surface area contributed by atoms with Crippen molar-refractivity contribution in [3.8, 4) is 0 Å². The molecule has 156 valence electrons. The molecule has 1 aliphatic carbocycles. The topological polar surface area (TPSA) is 88.2 Å². The van der Waals surface area contributed by atoms with Gasteiger partial charge in [0.25, 0.3) is 6.47 Å². The number of nitrogens with zero attached hydrogens (tertiary/aromatic N) is 1. The molecular formula is C20H23ClFN3O2S2. The van der Waals surface area contributed by atoms with Crippen molar-refractivity contribution >= 4 is 56.7 Å². The molecule has 1 aliphatic rings. The van der Waals surface area contributed by atoms with Gasteiger partial charge in [-0.05, 0) is 24.3 Å². The number of nitrogens with one attached hydrogen (secondary N) is 1. The van der Waals surface area contributed by atoms with E-state index < -0.39 is 6.67 Å². The smallest absolute Gasteiger partial charge is 0.290 e. The molecule has 29 heavy (non-hydrogen) atoms. The van der Waals surface area contributed by atoms with Crippen LogP contribution < -0.4 is 11.1 Å². The molecule has 1 fully saturated rings. The molecule has 4 N–H and O–H groups in total. The standard InChI is InChI=1S/C19H21ClFN3S2.CH2O2/c20-16-8-15(23-10-11-4-3-7-25-11)19-17(24-16)13(9-21)18(26-19)12-5-1-2-6-14(12)22;2-1-3/h3-4,7-8,12,14H,1-2,5-6,9-10,22H2,(H,23,24);1H,(H,2,3)/t12-,14-;/m1./s1. The van der Waals surface area contributed by atoms with Crippen LogP contribution in [0.25, 0.3) is 10.2 Å². The maximum absolute atomic E-state index is 14.0. The first kappa shape index (κ1) is 22.0. The van der Waals surface area contributed by atoms with Gasteiger partial charge in [0, 0.05) is 39.9 Å². The number of nitrogens with two attached hydrogens (primary N) is 1. The van der Waals surface area contributed by atoms with Crippen molar-refractivity contribution in [2.45, 2.75) is 50.9 Å². The summed E-state index contributed by atoms with van der Waals surface area (Å²) in [7, 11) is 0. The number of hydrogen-bond acceptors (Lipinski definition) is 6. The van der Waals surface area contributed by atoms with E-state index >= 15 is 0 Å². The Hall–Kier alpha value is -1.74. The molecule has 0 radical (unpaired) electrons. The van der Waals surface area contributed by atoms with E-state index in [9.17, 15) is 4.39 Å². The predicted molar refractivity (Wildman–Crippen MR) is 119 cm³/mol. The normalized spacial score (nSPS) is 18.9. The molecule has 1 saturated carbocycles. The Morgan fingerprint density at radius 3 is 2.83 bits per heavy atom. The number of halogens is 2. The van der Waals surface area contributed by atoms with Crippen LogP contribution in [0.15, 0.2) is 23.6 Å². The van der Waals surface area contributed by atoms with Crippen LogP contribution in [0, 0.1) is 0 Å². The van der Waals surface area contributed by atoms with Crippen LogP contribution >= 0.6 is 34.3 Å². The third-order valence-electron chi connectivity index (χ3n) is 5.06. The molecule has 0 bridgehead atoms. The third kappa shape index (κ3) is 5.06. The van der Waals surface area contributed by atoms with Gasteiger partial charge in [0.05, 0.1) is 15.9 Å². The van der Waals surface area contributed by atoms with Crippen LogP contribution in [-0.2, 0) is 18.0 Å². The first-order valence-electron chi connectivity index (χ1n) is 9.36. The molecule has 0 aliphatic heterocycles. The molecule has 2 atom stereocenters. The van der Waals surface area contributed by atoms with Gasteiger partial charge in [0.1, 0.15) is 11.8 Å². The Morgan fingerprint density at radius 2 is 2.17 bits per heavy atom. The van der Waals surface area contributed by atoms with E-state index in [1.54, 1.807) is 22.7 Å². The lowest BCUT2D eigenvalue weighted by molar-refractivity contribution is -0.122. The third-order valence-corrected chi connectivity index (χ3v) is 7.52. The number of thiophene rings is 2. The zero-order valence-corrected chi connectivity index (χ0v) is 18.1. The summed E-state index contributed by atoms with van der Waals surface area (Å²) in [5.41, 5.74) is 8.65. The molecule has 9 heteroatoms. The van der Waals surface area contributed by atoms with Crippen LogP contribution in [0.5, 0.6) is 0 Å². The van der Waals surface area contributed by atoms with Crippen molar-refractivity contribution < 1.29 is 14.3 Å². The average molecular weight is 456 g/mol. The fourth-order valence-electron chi connectivity index (χ4n) is 3.74. The van der Waals surface area contributed by atoms with E-state index in [2.05, 4.69) is 21.7 Å². The lowest BCUT2D eigenvalue weighted by Crippen LogP contribution is -2.31. The highest BCUT2D eigenvalue weighted by Gasteiger charge is 2.29. The minimum Gasteiger partial charge on any atom is -0.483 e. The van der Waals surface area contributed by atoms with Gasteiger partial charge in [-0.2, -0.15) is 0 Å². The van der Waals surface area contributed by atoms with Crippen LogP contribution in [0.2, 0.25) is 5.15 Å². The number of anilines is 1. The predicted octanol–water partition coefficient (Wildman–Crippen LogP) is 5.78. The molecule has 3 heterocycles. The number of hydrogen-bond donors (Lipinski definition) is 3. The number of rotatable bonds is 5. The van der Waals surface area contributed by atoms with E-state index in [-0.39, 0.29) is 18.4 Å². The monoisotopic (exact) mass is 455 g/mol. The number of alkyl halides is 1. The van der Waals surface area contributed by atoms with Gasteiger partial charge in [-0.25, -0.2) is 9.37 Å². The van der Waals surface area contributed by atoms with Crippen LogP contribution in [-0.4, -0.2) is 22.6 Å². The zero-order valence-electron chi connectivity index (χ0n) is 15.7. The Morgan fingerprint density at radius 1 is 1.41 bits per heavy atom. The first-order chi connectivity index (χ1) is 14.1. The lowest BCUT2D eigenvalue weighted by atomic mass is 9.83. The Kier molecular flexibility index (Phi) is 7.83. The second-order valence-electron chi connectivity index (χ2n) is 6.84. The molecule has 0 aromatic carbocycles. The van der Waals surface area contributed by atoms with E-state index in [1.165, 1.54) is 4.88 Å². The lowest BCUT2D eigenvalue weighted by Gasteiger charge is -2.28. The molecule has 0 unspecified atom stereocenters. The maximum atomic E-state index is 14.0. The minimum absolute atomic E-state index is 0.0973. The summed E-state index contributed by atoms with van der Waals surface area (Å²) in [6.07, 6.45) is 4.33. The summed E-state index contributed by atoms with van der Waals surface area (Å²) >= 11 is 9.58. The van der Waals surface area contributed by atoms with Gasteiger partial charge in [-0.1, -0.05) is 30.5 Å². The highest BCUT2D eigenvalue weighted by molar-refractivity contribution is 7.20. The Bertz CT molecular complexity index is 949. The molecular weight excluding hydrogens is 433 g/mol. The largest absolute Gasteiger partial charge is 0.483 e. The maximum Gasteiger partial charge on any atom is 0.290 e. The van der Waals surface area contributed by atoms with Gasteiger partial charge in [-0.3, -0.25) is 4.79 Å². The quantitative estimate of drug-likeness (QED) is 0.335. The molecule has 5 nitrogen and oxygen atoms in total. The Balaban J connectivity index is 0.000000755. The number of carboxylic acid groups (broad SMARTS) is 1. The number of carbonyl (C=O) groups is 1. The fourth-order valence-corrected chi connectivity index (χ4v) is 6.02. The Labute approximate surface area is 181 Å². The zero-order chi connectivity index (χ0) is 20.8. The van der Waals surface area contributed by atoms with Crippen LogP contribution in [0.1, 0.15) is 46.9 Å². The molecule has 3 aromatic heterocycles. The van der Waals surface area contributed by atoms with Crippen molar-refractivity contribution in [2.75, 3.05) is 5.32 Å². The van der Waals surface area contributed by atoms with E-state index in [4.69, 9.17) is 27.2 Å². The van der Waals surface area contributed by atoms with Crippen molar-refractivity contribution in [1.82, 2.24) is 4.98 Å². The molecule has 0 saturated heterocycles. The van der Waals surface area contributed by atoms with E-state index in [0.717, 1.165) is 40.9 Å². The summed E-state index contributed by atoms with van der Waals surface area (Å²) in [6, 6.07) is 6.05. The fraction of sp³-hybridized carbons (Fsp3) is 0.400. The van der Waals surface area contributed by atoms with Crippen LogP contribution in [0.3, 0.4) is 0 Å². The summed E-state index contributed by atoms with van der Waals surface area (Å²) < 4.78 is 14.9. The summed E-state index contributed by atoms with van der Waals surface area (Å²) in [4.78, 5) is 15.1. The van der Waals surface area contributed by atoms with Gasteiger partial charge in [-0.15, -0.1) is 22.7 Å². The molecule has 0 spiro atoms. The first-order valence-corrected chi connectivity index (χ1v) is 11.4. The van der Waals surface area contributed by atoms with Gasteiger partial charge >= 0.3 is 0 Å². The average Bonchev–Trinajstić information content (AvgIpc) is 3.34. The van der Waals surface area contributed by atoms with Crippen molar-refractivity contribution in [2.24, 2.45) is 5.73 Å². The summed E-state index contributed by atoms with van der Waals surface area (Å²) in [5, 5.41) is 12.8. The number of fused-ring (bicyclic) bond motifs is 1. The van der Waals surface area contributed by atoms with E-state index in [0.29, 0.717) is 22.8 Å². The highest BCUT2D eigenvalue weighted by Crippen LogP contribution is 2.44. The van der Waals surface area contributed by atoms with Gasteiger partial charge in [0.15, 0.2) is 0 Å². The van der Waals surface area contributed by atoms with Crippen molar-refractivity contribution in [1.29, 1.82) is 0 Å². The van der Waals surface area contributed by atoms with Gasteiger partial charge < -0.3 is 16.2 Å². The molecule has 3 aromatic rings. The van der Waals surface area contributed by atoms with Gasteiger partial charge in [0.2, 0.25) is 0 Å². The van der Waals surface area contributed by atoms with E-state index in [1.807, 2.05) is 12.1 Å². The highest BCUT2D eigenvalue weighted by atomic mass is 35.5. The molecule has 0 amide bonds. The second-order valence-corrected chi connectivity index (χ2v) is 9.31. The van der Waals surface area contributed by atoms with Crippen molar-refractivity contribution in [3.05, 3.63) is 44.1 Å². The number of pyridine rings is 1. The second kappa shape index (κ2) is 10.3. The van der Waals surface area contributed by atoms with Crippen molar-refractivity contribution in [3.63, 3.8) is 0 Å². The SMILES string of the molecule is N[C@@H]1CCCC[C@H]1c1sc2c(NCc3cccs3)cc(Cl)nc2c1CF.O=CO.